The Morgan fingerprint density at radius 2 is 1.72 bits per heavy atom. The van der Waals surface area contributed by atoms with Crippen molar-refractivity contribution < 1.29 is 19.0 Å². The summed E-state index contributed by atoms with van der Waals surface area (Å²) in [5.41, 5.74) is 3.13. The van der Waals surface area contributed by atoms with Gasteiger partial charge in [-0.15, -0.1) is 0 Å². The van der Waals surface area contributed by atoms with Gasteiger partial charge in [-0.05, 0) is 48.2 Å². The maximum atomic E-state index is 12.2. The first kappa shape index (κ1) is 20.3. The van der Waals surface area contributed by atoms with Crippen LogP contribution in [-0.2, 0) is 11.3 Å². The second-order valence-corrected chi connectivity index (χ2v) is 6.58. The highest BCUT2D eigenvalue weighted by Crippen LogP contribution is 2.38. The molecule has 1 heterocycles. The Morgan fingerprint density at radius 3 is 2.38 bits per heavy atom. The molecule has 0 aliphatic carbocycles. The molecule has 2 aromatic carbocycles. The van der Waals surface area contributed by atoms with E-state index >= 15 is 0 Å². The van der Waals surface area contributed by atoms with E-state index < -0.39 is 0 Å². The number of rotatable bonds is 8. The largest absolute Gasteiger partial charge is 0.493 e. The third kappa shape index (κ3) is 4.54. The summed E-state index contributed by atoms with van der Waals surface area (Å²) in [6.45, 7) is 3.33. The van der Waals surface area contributed by atoms with Crippen molar-refractivity contribution in [2.75, 3.05) is 27.9 Å². The molecule has 0 fully saturated rings. The van der Waals surface area contributed by atoms with E-state index in [1.54, 1.807) is 39.5 Å². The Morgan fingerprint density at radius 1 is 1.03 bits per heavy atom. The summed E-state index contributed by atoms with van der Waals surface area (Å²) < 4.78 is 18.2. The minimum atomic E-state index is -0.159. The van der Waals surface area contributed by atoms with Crippen molar-refractivity contribution in [3.05, 3.63) is 59.8 Å². The molecule has 0 aliphatic rings. The van der Waals surface area contributed by atoms with E-state index in [0.717, 1.165) is 5.56 Å². The van der Waals surface area contributed by atoms with E-state index in [0.29, 0.717) is 30.3 Å². The van der Waals surface area contributed by atoms with Crippen molar-refractivity contribution in [1.82, 2.24) is 9.88 Å². The van der Waals surface area contributed by atoms with E-state index in [2.05, 4.69) is 35.0 Å². The summed E-state index contributed by atoms with van der Waals surface area (Å²) in [7, 11) is 4.67. The van der Waals surface area contributed by atoms with E-state index in [1.807, 2.05) is 12.1 Å². The van der Waals surface area contributed by atoms with Gasteiger partial charge in [-0.2, -0.15) is 0 Å². The number of methoxy groups -OCH3 is 3. The van der Waals surface area contributed by atoms with Gasteiger partial charge in [0.25, 0.3) is 0 Å². The molecule has 1 aromatic heterocycles. The molecule has 0 aliphatic heterocycles. The van der Waals surface area contributed by atoms with Crippen LogP contribution in [0.4, 0.5) is 0 Å². The summed E-state index contributed by atoms with van der Waals surface area (Å²) in [4.78, 5) is 12.2. The second kappa shape index (κ2) is 9.19. The Bertz CT molecular complexity index is 1010. The van der Waals surface area contributed by atoms with Crippen LogP contribution in [-0.4, -0.2) is 38.3 Å². The Balaban J connectivity index is 1.63. The van der Waals surface area contributed by atoms with E-state index in [-0.39, 0.29) is 5.91 Å². The molecule has 6 nitrogen and oxygen atoms in total. The second-order valence-electron chi connectivity index (χ2n) is 6.58. The molecule has 3 rings (SSSR count). The Labute approximate surface area is 170 Å². The highest BCUT2D eigenvalue weighted by molar-refractivity contribution is 5.92. The first-order chi connectivity index (χ1) is 14.1. The first-order valence-electron chi connectivity index (χ1n) is 9.38. The zero-order valence-corrected chi connectivity index (χ0v) is 17.2. The fraction of sp³-hybridized carbons (Fsp3) is 0.261. The van der Waals surface area contributed by atoms with Crippen molar-refractivity contribution in [2.24, 2.45) is 0 Å². The van der Waals surface area contributed by atoms with Gasteiger partial charge in [0.1, 0.15) is 0 Å². The summed E-state index contributed by atoms with van der Waals surface area (Å²) in [5.74, 6) is 1.45. The summed E-state index contributed by atoms with van der Waals surface area (Å²) in [6, 6.07) is 14.0. The normalized spacial score (nSPS) is 11.0. The maximum absolute atomic E-state index is 12.2. The lowest BCUT2D eigenvalue weighted by Crippen LogP contribution is -2.25. The molecule has 152 valence electrons. The molecule has 0 radical (unpaired) electrons. The minimum Gasteiger partial charge on any atom is -0.493 e. The van der Waals surface area contributed by atoms with Crippen LogP contribution in [0, 0.1) is 6.92 Å². The van der Waals surface area contributed by atoms with Crippen LogP contribution in [0.5, 0.6) is 17.2 Å². The summed E-state index contributed by atoms with van der Waals surface area (Å²) >= 11 is 0. The fourth-order valence-electron chi connectivity index (χ4n) is 3.36. The number of fused-ring (bicyclic) bond motifs is 1. The highest BCUT2D eigenvalue weighted by atomic mass is 16.5. The number of para-hydroxylation sites is 1. The highest BCUT2D eigenvalue weighted by Gasteiger charge is 2.12. The molecule has 0 spiro atoms. The monoisotopic (exact) mass is 394 g/mol. The van der Waals surface area contributed by atoms with Gasteiger partial charge in [0, 0.05) is 30.4 Å². The van der Waals surface area contributed by atoms with E-state index in [9.17, 15) is 4.79 Å². The van der Waals surface area contributed by atoms with Gasteiger partial charge in [0.2, 0.25) is 11.7 Å². The molecule has 1 amide bonds. The van der Waals surface area contributed by atoms with Crippen LogP contribution in [0.25, 0.3) is 17.0 Å². The van der Waals surface area contributed by atoms with Crippen LogP contribution < -0.4 is 19.5 Å². The number of hydrogen-bond donors (Lipinski definition) is 1. The number of benzene rings is 2. The molecule has 29 heavy (non-hydrogen) atoms. The lowest BCUT2D eigenvalue weighted by atomic mass is 10.1. The van der Waals surface area contributed by atoms with Gasteiger partial charge >= 0.3 is 0 Å². The quantitative estimate of drug-likeness (QED) is 0.590. The molecule has 0 atom stereocenters. The molecule has 0 saturated heterocycles. The molecule has 3 aromatic rings. The third-order valence-corrected chi connectivity index (χ3v) is 4.77. The van der Waals surface area contributed by atoms with Crippen molar-refractivity contribution >= 4 is 22.9 Å². The molecule has 0 bridgehead atoms. The lowest BCUT2D eigenvalue weighted by Gasteiger charge is -2.12. The Hall–Kier alpha value is -3.41. The van der Waals surface area contributed by atoms with Crippen LogP contribution in [0.3, 0.4) is 0 Å². The molecule has 1 N–H and O–H groups in total. The average molecular weight is 394 g/mol. The van der Waals surface area contributed by atoms with Crippen molar-refractivity contribution in [2.45, 2.75) is 13.5 Å². The van der Waals surface area contributed by atoms with Gasteiger partial charge in [-0.3, -0.25) is 4.79 Å². The van der Waals surface area contributed by atoms with Gasteiger partial charge in [-0.1, -0.05) is 18.2 Å². The number of amides is 1. The van der Waals surface area contributed by atoms with E-state index in [1.165, 1.54) is 22.7 Å². The molecule has 6 heteroatoms. The minimum absolute atomic E-state index is 0.159. The van der Waals surface area contributed by atoms with Crippen molar-refractivity contribution in [3.63, 3.8) is 0 Å². The molecule has 0 unspecified atom stereocenters. The zero-order chi connectivity index (χ0) is 20.8. The van der Waals surface area contributed by atoms with Crippen LogP contribution in [0.1, 0.15) is 11.3 Å². The summed E-state index contributed by atoms with van der Waals surface area (Å²) in [6.07, 6.45) is 3.22. The van der Waals surface area contributed by atoms with Crippen molar-refractivity contribution in [1.29, 1.82) is 0 Å². The SMILES string of the molecule is COc1cc(C=CC(=O)NCCn2c(C)cc3ccccc32)cc(OC)c1OC. The third-order valence-electron chi connectivity index (χ3n) is 4.77. The van der Waals surface area contributed by atoms with Gasteiger partial charge < -0.3 is 24.1 Å². The van der Waals surface area contributed by atoms with Gasteiger partial charge in [0.05, 0.1) is 21.3 Å². The predicted molar refractivity (Wildman–Crippen MR) is 115 cm³/mol. The van der Waals surface area contributed by atoms with E-state index in [4.69, 9.17) is 14.2 Å². The molecular formula is C23H26N2O4. The molecular weight excluding hydrogens is 368 g/mol. The molecule has 0 saturated carbocycles. The number of nitrogens with one attached hydrogen (secondary N) is 1. The number of aryl methyl sites for hydroxylation is 1. The van der Waals surface area contributed by atoms with Gasteiger partial charge in [0.15, 0.2) is 11.5 Å². The number of ether oxygens (including phenoxy) is 3. The predicted octanol–water partition coefficient (Wildman–Crippen LogP) is 3.81. The topological polar surface area (TPSA) is 61.7 Å². The standard InChI is InChI=1S/C23H26N2O4/c1-16-13-18-7-5-6-8-19(18)25(16)12-11-24-22(26)10-9-17-14-20(27-2)23(29-4)21(15-17)28-3/h5-10,13-15H,11-12H2,1-4H3,(H,24,26). The smallest absolute Gasteiger partial charge is 0.244 e. The van der Waals surface area contributed by atoms with Gasteiger partial charge in [-0.25, -0.2) is 0 Å². The van der Waals surface area contributed by atoms with Crippen LogP contribution in [0.15, 0.2) is 48.5 Å². The number of carbonyl (C=O) groups is 1. The maximum Gasteiger partial charge on any atom is 0.244 e. The van der Waals surface area contributed by atoms with Crippen LogP contribution in [0.2, 0.25) is 0 Å². The fourth-order valence-corrected chi connectivity index (χ4v) is 3.36. The average Bonchev–Trinajstić information content (AvgIpc) is 3.06. The number of aromatic nitrogens is 1. The van der Waals surface area contributed by atoms with Crippen LogP contribution >= 0.6 is 0 Å². The first-order valence-corrected chi connectivity index (χ1v) is 9.38. The number of carbonyl (C=O) groups excluding carboxylic acids is 1. The lowest BCUT2D eigenvalue weighted by molar-refractivity contribution is -0.116. The number of hydrogen-bond acceptors (Lipinski definition) is 4. The summed E-state index contributed by atoms with van der Waals surface area (Å²) in [5, 5.41) is 4.14. The Kier molecular flexibility index (Phi) is 6.44. The van der Waals surface area contributed by atoms with Crippen molar-refractivity contribution in [3.8, 4) is 17.2 Å². The zero-order valence-electron chi connectivity index (χ0n) is 17.2. The number of nitrogens with zero attached hydrogens (tertiary/aromatic N) is 1.